The Morgan fingerprint density at radius 1 is 1.27 bits per heavy atom. The molecule has 0 radical (unpaired) electrons. The average molecular weight is 208 g/mol. The van der Waals surface area contributed by atoms with E-state index < -0.39 is 0 Å². The van der Waals surface area contributed by atoms with Gasteiger partial charge in [0.2, 0.25) is 0 Å². The lowest BCUT2D eigenvalue weighted by molar-refractivity contribution is 0.836. The molecular weight excluding hydrogens is 188 g/mol. The van der Waals surface area contributed by atoms with Gasteiger partial charge in [0, 0.05) is 25.2 Å². The Bertz CT molecular complexity index is 294. The second-order valence-electron chi connectivity index (χ2n) is 3.73. The van der Waals surface area contributed by atoms with Crippen molar-refractivity contribution in [3.63, 3.8) is 0 Å². The van der Waals surface area contributed by atoms with E-state index in [0.29, 0.717) is 6.04 Å². The number of rotatable bonds is 5. The van der Waals surface area contributed by atoms with Crippen LogP contribution in [-0.2, 0) is 0 Å². The highest BCUT2D eigenvalue weighted by molar-refractivity contribution is 5.48. The number of hydrogen-bond donors (Lipinski definition) is 1. The predicted octanol–water partition coefficient (Wildman–Crippen LogP) is 2.14. The zero-order valence-electron chi connectivity index (χ0n) is 9.99. The van der Waals surface area contributed by atoms with Gasteiger partial charge in [0.25, 0.3) is 0 Å². The van der Waals surface area contributed by atoms with Crippen LogP contribution in [0.3, 0.4) is 0 Å². The number of aromatic nitrogens is 2. The molecule has 15 heavy (non-hydrogen) atoms. The van der Waals surface area contributed by atoms with Gasteiger partial charge < -0.3 is 10.2 Å². The lowest BCUT2D eigenvalue weighted by Crippen LogP contribution is -2.23. The van der Waals surface area contributed by atoms with Gasteiger partial charge in [-0.05, 0) is 27.7 Å². The van der Waals surface area contributed by atoms with Gasteiger partial charge in [0.15, 0.2) is 0 Å². The minimum absolute atomic E-state index is 0.393. The maximum atomic E-state index is 4.26. The highest BCUT2D eigenvalue weighted by Crippen LogP contribution is 2.13. The van der Waals surface area contributed by atoms with E-state index in [2.05, 4.69) is 47.9 Å². The molecule has 0 atom stereocenters. The number of nitrogens with one attached hydrogen (secondary N) is 1. The fourth-order valence-corrected chi connectivity index (χ4v) is 1.44. The second-order valence-corrected chi connectivity index (χ2v) is 3.73. The summed E-state index contributed by atoms with van der Waals surface area (Å²) >= 11 is 0. The third-order valence-electron chi connectivity index (χ3n) is 2.18. The summed E-state index contributed by atoms with van der Waals surface area (Å²) in [4.78, 5) is 10.6. The molecule has 0 saturated heterocycles. The summed E-state index contributed by atoms with van der Waals surface area (Å²) in [5.41, 5.74) is 0. The van der Waals surface area contributed by atoms with Gasteiger partial charge in [-0.1, -0.05) is 0 Å². The van der Waals surface area contributed by atoms with Crippen molar-refractivity contribution in [2.24, 2.45) is 0 Å². The maximum absolute atomic E-state index is 4.26. The third kappa shape index (κ3) is 3.38. The van der Waals surface area contributed by atoms with Crippen LogP contribution < -0.4 is 10.2 Å². The molecule has 1 aromatic rings. The minimum atomic E-state index is 0.393. The van der Waals surface area contributed by atoms with Crippen molar-refractivity contribution in [2.45, 2.75) is 33.7 Å². The molecule has 1 N–H and O–H groups in total. The maximum Gasteiger partial charge on any atom is 0.134 e. The smallest absolute Gasteiger partial charge is 0.134 e. The first kappa shape index (κ1) is 11.8. The van der Waals surface area contributed by atoms with E-state index in [9.17, 15) is 0 Å². The molecule has 0 aliphatic rings. The Labute approximate surface area is 91.7 Å². The molecule has 1 rings (SSSR count). The van der Waals surface area contributed by atoms with Crippen LogP contribution in [0.5, 0.6) is 0 Å². The van der Waals surface area contributed by atoms with Crippen molar-refractivity contribution in [1.82, 2.24) is 9.97 Å². The van der Waals surface area contributed by atoms with Crippen molar-refractivity contribution in [3.8, 4) is 0 Å². The van der Waals surface area contributed by atoms with E-state index in [1.807, 2.05) is 6.07 Å². The van der Waals surface area contributed by atoms with E-state index in [4.69, 9.17) is 0 Å². The molecule has 4 nitrogen and oxygen atoms in total. The van der Waals surface area contributed by atoms with Crippen LogP contribution in [-0.4, -0.2) is 29.1 Å². The first-order valence-electron chi connectivity index (χ1n) is 5.50. The topological polar surface area (TPSA) is 41.0 Å². The van der Waals surface area contributed by atoms with Crippen LogP contribution in [0.15, 0.2) is 12.4 Å². The number of hydrogen-bond acceptors (Lipinski definition) is 4. The summed E-state index contributed by atoms with van der Waals surface area (Å²) in [5, 5.41) is 3.27. The molecule has 1 aromatic heterocycles. The first-order valence-corrected chi connectivity index (χ1v) is 5.50. The van der Waals surface area contributed by atoms with Crippen LogP contribution in [0.4, 0.5) is 11.6 Å². The zero-order valence-corrected chi connectivity index (χ0v) is 9.99. The van der Waals surface area contributed by atoms with Gasteiger partial charge in [0.1, 0.15) is 18.0 Å². The monoisotopic (exact) mass is 208 g/mol. The van der Waals surface area contributed by atoms with Crippen LogP contribution >= 0.6 is 0 Å². The second kappa shape index (κ2) is 5.53. The summed E-state index contributed by atoms with van der Waals surface area (Å²) in [5.74, 6) is 1.88. The molecule has 84 valence electrons. The van der Waals surface area contributed by atoms with Gasteiger partial charge in [-0.25, -0.2) is 9.97 Å². The van der Waals surface area contributed by atoms with Crippen molar-refractivity contribution in [2.75, 3.05) is 23.3 Å². The molecule has 0 spiro atoms. The highest BCUT2D eigenvalue weighted by Gasteiger charge is 2.05. The Morgan fingerprint density at radius 2 is 1.93 bits per heavy atom. The van der Waals surface area contributed by atoms with Gasteiger partial charge in [-0.3, -0.25) is 0 Å². The molecule has 4 heteroatoms. The fraction of sp³-hybridized carbons (Fsp3) is 0.636. The molecule has 0 aromatic carbocycles. The number of nitrogens with zero attached hydrogens (tertiary/aromatic N) is 3. The first-order chi connectivity index (χ1) is 7.17. The van der Waals surface area contributed by atoms with Gasteiger partial charge >= 0.3 is 0 Å². The quantitative estimate of drug-likeness (QED) is 0.805. The van der Waals surface area contributed by atoms with Crippen molar-refractivity contribution >= 4 is 11.6 Å². The van der Waals surface area contributed by atoms with Crippen LogP contribution in [0.25, 0.3) is 0 Å². The molecule has 0 saturated carbocycles. The summed E-state index contributed by atoms with van der Waals surface area (Å²) in [6, 6.07) is 2.39. The van der Waals surface area contributed by atoms with Crippen LogP contribution in [0.2, 0.25) is 0 Å². The molecule has 0 amide bonds. The fourth-order valence-electron chi connectivity index (χ4n) is 1.44. The van der Waals surface area contributed by atoms with E-state index >= 15 is 0 Å². The Balaban J connectivity index is 2.81. The molecular formula is C11H20N4. The lowest BCUT2D eigenvalue weighted by Gasteiger charge is -2.20. The normalized spacial score (nSPS) is 10.5. The minimum Gasteiger partial charge on any atom is -0.368 e. The largest absolute Gasteiger partial charge is 0.368 e. The summed E-state index contributed by atoms with van der Waals surface area (Å²) in [6.07, 6.45) is 1.61. The summed E-state index contributed by atoms with van der Waals surface area (Å²) in [7, 11) is 0. The zero-order chi connectivity index (χ0) is 11.3. The number of anilines is 2. The van der Waals surface area contributed by atoms with Crippen molar-refractivity contribution in [3.05, 3.63) is 12.4 Å². The summed E-state index contributed by atoms with van der Waals surface area (Å²) in [6.45, 7) is 10.4. The van der Waals surface area contributed by atoms with Crippen molar-refractivity contribution in [1.29, 1.82) is 0 Å². The lowest BCUT2D eigenvalue weighted by atomic mass is 10.4. The molecule has 0 bridgehead atoms. The Morgan fingerprint density at radius 3 is 2.47 bits per heavy atom. The SMILES string of the molecule is CCN(CC)c1cc(NC(C)C)ncn1. The molecule has 0 aliphatic carbocycles. The van der Waals surface area contributed by atoms with Crippen LogP contribution in [0, 0.1) is 0 Å². The molecule has 0 aliphatic heterocycles. The van der Waals surface area contributed by atoms with E-state index in [1.54, 1.807) is 6.33 Å². The van der Waals surface area contributed by atoms with E-state index in [1.165, 1.54) is 0 Å². The van der Waals surface area contributed by atoms with Gasteiger partial charge in [0.05, 0.1) is 0 Å². The third-order valence-corrected chi connectivity index (χ3v) is 2.18. The average Bonchev–Trinajstić information content (AvgIpc) is 2.19. The summed E-state index contributed by atoms with van der Waals surface area (Å²) < 4.78 is 0. The highest BCUT2D eigenvalue weighted by atomic mass is 15.2. The van der Waals surface area contributed by atoms with Crippen molar-refractivity contribution < 1.29 is 0 Å². The van der Waals surface area contributed by atoms with E-state index in [-0.39, 0.29) is 0 Å². The molecule has 1 heterocycles. The standard InChI is InChI=1S/C11H20N4/c1-5-15(6-2)11-7-10(12-8-13-11)14-9(3)4/h7-9H,5-6H2,1-4H3,(H,12,13,14). The van der Waals surface area contributed by atoms with Gasteiger partial charge in [-0.15, -0.1) is 0 Å². The Hall–Kier alpha value is -1.32. The van der Waals surface area contributed by atoms with Gasteiger partial charge in [-0.2, -0.15) is 0 Å². The molecule has 0 fully saturated rings. The predicted molar refractivity (Wildman–Crippen MR) is 64.4 cm³/mol. The van der Waals surface area contributed by atoms with E-state index in [0.717, 1.165) is 24.7 Å². The Kier molecular flexibility index (Phi) is 4.34. The van der Waals surface area contributed by atoms with Crippen LogP contribution in [0.1, 0.15) is 27.7 Å². The molecule has 0 unspecified atom stereocenters.